The summed E-state index contributed by atoms with van der Waals surface area (Å²) in [6.45, 7) is 10.1. The second-order valence-electron chi connectivity index (χ2n) is 9.62. The predicted molar refractivity (Wildman–Crippen MR) is 126 cm³/mol. The summed E-state index contributed by atoms with van der Waals surface area (Å²) in [5.41, 5.74) is 4.04. The van der Waals surface area contributed by atoms with Gasteiger partial charge in [0, 0.05) is 24.6 Å². The van der Waals surface area contributed by atoms with Gasteiger partial charge in [-0.25, -0.2) is 0 Å². The molecule has 0 aromatic heterocycles. The van der Waals surface area contributed by atoms with Crippen LogP contribution in [-0.4, -0.2) is 54.5 Å². The number of nitrogens with zero attached hydrogens (tertiary/aromatic N) is 2. The summed E-state index contributed by atoms with van der Waals surface area (Å²) < 4.78 is 1.27. The van der Waals surface area contributed by atoms with E-state index in [-0.39, 0.29) is 0 Å². The van der Waals surface area contributed by atoms with Crippen molar-refractivity contribution in [3.8, 4) is 0 Å². The molecule has 0 saturated carbocycles. The molecule has 0 amide bonds. The maximum absolute atomic E-state index is 8.66. The highest BCUT2D eigenvalue weighted by molar-refractivity contribution is 6.10. The van der Waals surface area contributed by atoms with E-state index in [9.17, 15) is 0 Å². The fourth-order valence-corrected chi connectivity index (χ4v) is 5.55. The van der Waals surface area contributed by atoms with Crippen LogP contribution in [0.4, 0.5) is 0 Å². The Hall–Kier alpha value is -1.97. The topological polar surface area (TPSA) is 27.1 Å². The zero-order valence-corrected chi connectivity index (χ0v) is 18.7. The number of hydrogen-bond acceptors (Lipinski definition) is 2. The maximum Gasteiger partial charge on any atom is 0.135 e. The van der Waals surface area contributed by atoms with Crippen molar-refractivity contribution in [1.29, 1.82) is 5.41 Å². The van der Waals surface area contributed by atoms with Crippen molar-refractivity contribution in [2.75, 3.05) is 39.4 Å². The number of quaternary nitrogens is 1. The van der Waals surface area contributed by atoms with Crippen LogP contribution in [0.5, 0.6) is 0 Å². The van der Waals surface area contributed by atoms with Crippen molar-refractivity contribution in [3.63, 3.8) is 0 Å². The number of benzene rings is 2. The lowest BCUT2D eigenvalue weighted by atomic mass is 9.93. The molecule has 0 radical (unpaired) electrons. The third-order valence-electron chi connectivity index (χ3n) is 7.18. The number of likely N-dealkylation sites (tertiary alicyclic amines) is 2. The maximum atomic E-state index is 8.66. The Bertz CT molecular complexity index is 817. The van der Waals surface area contributed by atoms with Gasteiger partial charge < -0.3 is 4.48 Å². The van der Waals surface area contributed by atoms with Crippen LogP contribution in [0.2, 0.25) is 0 Å². The molecule has 2 fully saturated rings. The number of rotatable bonds is 7. The minimum absolute atomic E-state index is 0.511. The van der Waals surface area contributed by atoms with Crippen molar-refractivity contribution in [2.45, 2.75) is 51.4 Å². The number of hydrogen-bond donors (Lipinski definition) is 1. The molecule has 3 heteroatoms. The predicted octanol–water partition coefficient (Wildman–Crippen LogP) is 5.65. The molecule has 2 heterocycles. The zero-order valence-electron chi connectivity index (χ0n) is 18.7. The summed E-state index contributed by atoms with van der Waals surface area (Å²) in [6, 6.07) is 18.9. The fraction of sp³-hybridized carbons (Fsp3) is 0.519. The summed E-state index contributed by atoms with van der Waals surface area (Å²) in [6.07, 6.45) is 8.31. The van der Waals surface area contributed by atoms with Crippen LogP contribution in [0.1, 0.15) is 68.1 Å². The first-order valence-electron chi connectivity index (χ1n) is 12.0. The molecule has 30 heavy (non-hydrogen) atoms. The van der Waals surface area contributed by atoms with Gasteiger partial charge >= 0.3 is 0 Å². The Balaban J connectivity index is 1.49. The van der Waals surface area contributed by atoms with Crippen LogP contribution in [0.15, 0.2) is 54.6 Å². The third-order valence-corrected chi connectivity index (χ3v) is 7.18. The van der Waals surface area contributed by atoms with Crippen LogP contribution in [0.25, 0.3) is 0 Å². The minimum atomic E-state index is 0.511. The monoisotopic (exact) mass is 404 g/mol. The third kappa shape index (κ3) is 5.19. The van der Waals surface area contributed by atoms with E-state index in [1.807, 2.05) is 30.3 Å². The average molecular weight is 405 g/mol. The lowest BCUT2D eigenvalue weighted by molar-refractivity contribution is -0.942. The van der Waals surface area contributed by atoms with Gasteiger partial charge in [0.2, 0.25) is 0 Å². The van der Waals surface area contributed by atoms with Gasteiger partial charge in [-0.05, 0) is 49.3 Å². The van der Waals surface area contributed by atoms with E-state index in [0.717, 1.165) is 11.1 Å². The standard InChI is InChI=1S/C27H38N3/c1-23(21-30(18-9-4-10-19-30)22-29-16-7-3-8-17-29)25-14-11-15-26(20-25)27(28)24-12-5-2-6-13-24/h2,5-6,11-15,20,23,28H,3-4,7-10,16-19,21-22H2,1H3/q+1. The second kappa shape index (κ2) is 9.89. The summed E-state index contributed by atoms with van der Waals surface area (Å²) in [4.78, 5) is 2.74. The van der Waals surface area contributed by atoms with Crippen LogP contribution in [-0.2, 0) is 0 Å². The molecule has 2 aliphatic rings. The first-order valence-corrected chi connectivity index (χ1v) is 12.0. The van der Waals surface area contributed by atoms with E-state index >= 15 is 0 Å². The van der Waals surface area contributed by atoms with Gasteiger partial charge in [0.15, 0.2) is 0 Å². The Morgan fingerprint density at radius 2 is 1.53 bits per heavy atom. The minimum Gasteiger partial charge on any atom is -0.311 e. The highest BCUT2D eigenvalue weighted by Crippen LogP contribution is 2.28. The van der Waals surface area contributed by atoms with Crippen molar-refractivity contribution in [2.24, 2.45) is 0 Å². The van der Waals surface area contributed by atoms with Crippen molar-refractivity contribution < 1.29 is 4.48 Å². The van der Waals surface area contributed by atoms with Gasteiger partial charge in [-0.1, -0.05) is 61.9 Å². The highest BCUT2D eigenvalue weighted by atomic mass is 15.4. The van der Waals surface area contributed by atoms with Gasteiger partial charge in [0.1, 0.15) is 6.67 Å². The van der Waals surface area contributed by atoms with Gasteiger partial charge in [0.05, 0.1) is 25.3 Å². The highest BCUT2D eigenvalue weighted by Gasteiger charge is 2.34. The van der Waals surface area contributed by atoms with E-state index in [2.05, 4.69) is 36.1 Å². The second-order valence-corrected chi connectivity index (χ2v) is 9.62. The summed E-state index contributed by atoms with van der Waals surface area (Å²) in [7, 11) is 0. The molecular weight excluding hydrogens is 366 g/mol. The molecule has 2 aromatic rings. The van der Waals surface area contributed by atoms with Crippen molar-refractivity contribution in [1.82, 2.24) is 4.90 Å². The normalized spacial score (nSPS) is 20.6. The number of nitrogens with one attached hydrogen (secondary N) is 1. The quantitative estimate of drug-likeness (QED) is 0.468. The lowest BCUT2D eigenvalue weighted by Gasteiger charge is -2.46. The largest absolute Gasteiger partial charge is 0.311 e. The van der Waals surface area contributed by atoms with Crippen LogP contribution in [0.3, 0.4) is 0 Å². The van der Waals surface area contributed by atoms with E-state index in [4.69, 9.17) is 5.41 Å². The smallest absolute Gasteiger partial charge is 0.135 e. The Labute approximate surface area is 182 Å². The fourth-order valence-electron chi connectivity index (χ4n) is 5.55. The van der Waals surface area contributed by atoms with E-state index in [1.165, 1.54) is 88.0 Å². The summed E-state index contributed by atoms with van der Waals surface area (Å²) in [5.74, 6) is 0.511. The molecule has 2 aliphatic heterocycles. The van der Waals surface area contributed by atoms with Gasteiger partial charge in [-0.3, -0.25) is 10.3 Å². The molecule has 3 nitrogen and oxygen atoms in total. The van der Waals surface area contributed by atoms with E-state index < -0.39 is 0 Å². The molecular formula is C27H38N3+. The van der Waals surface area contributed by atoms with Crippen molar-refractivity contribution in [3.05, 3.63) is 71.3 Å². The molecule has 2 aromatic carbocycles. The molecule has 0 aliphatic carbocycles. The zero-order chi connectivity index (χ0) is 20.8. The molecule has 1 N–H and O–H groups in total. The first-order chi connectivity index (χ1) is 14.7. The molecule has 0 spiro atoms. The Morgan fingerprint density at radius 1 is 0.867 bits per heavy atom. The van der Waals surface area contributed by atoms with Crippen LogP contribution in [0, 0.1) is 5.41 Å². The molecule has 4 rings (SSSR count). The molecule has 160 valence electrons. The van der Waals surface area contributed by atoms with Gasteiger partial charge in [-0.2, -0.15) is 0 Å². The molecule has 1 unspecified atom stereocenters. The molecule has 0 bridgehead atoms. The average Bonchev–Trinajstić information content (AvgIpc) is 2.80. The van der Waals surface area contributed by atoms with Crippen molar-refractivity contribution >= 4 is 5.71 Å². The number of piperidine rings is 2. The lowest BCUT2D eigenvalue weighted by Crippen LogP contribution is -2.58. The van der Waals surface area contributed by atoms with E-state index in [0.29, 0.717) is 11.6 Å². The summed E-state index contributed by atoms with van der Waals surface area (Å²) >= 11 is 0. The van der Waals surface area contributed by atoms with Crippen LogP contribution >= 0.6 is 0 Å². The van der Waals surface area contributed by atoms with E-state index in [1.54, 1.807) is 0 Å². The van der Waals surface area contributed by atoms with Crippen LogP contribution < -0.4 is 0 Å². The Morgan fingerprint density at radius 3 is 2.27 bits per heavy atom. The first kappa shape index (κ1) is 21.3. The molecule has 2 saturated heterocycles. The SMILES string of the molecule is CC(C[N+]1(CN2CCCCC2)CCCCC1)c1cccc(C(=N)c2ccccc2)c1. The molecule has 1 atom stereocenters. The van der Waals surface area contributed by atoms with Gasteiger partial charge in [0.25, 0.3) is 0 Å². The summed E-state index contributed by atoms with van der Waals surface area (Å²) in [5, 5.41) is 8.66. The Kier molecular flexibility index (Phi) is 7.01. The van der Waals surface area contributed by atoms with Gasteiger partial charge in [-0.15, -0.1) is 0 Å².